The largest absolute Gasteiger partial charge is 0.395 e. The van der Waals surface area contributed by atoms with Gasteiger partial charge >= 0.3 is 0 Å². The summed E-state index contributed by atoms with van der Waals surface area (Å²) in [5, 5.41) is 19.2. The summed E-state index contributed by atoms with van der Waals surface area (Å²) in [5.41, 5.74) is 2.11. The summed E-state index contributed by atoms with van der Waals surface area (Å²) >= 11 is 8.40. The third kappa shape index (κ3) is 4.83. The molecule has 0 bridgehead atoms. The lowest BCUT2D eigenvalue weighted by Crippen LogP contribution is -2.07. The Bertz CT molecular complexity index is 506. The van der Waals surface area contributed by atoms with Crippen LogP contribution < -0.4 is 0 Å². The third-order valence-electron chi connectivity index (χ3n) is 3.14. The van der Waals surface area contributed by atoms with Crippen LogP contribution in [0.5, 0.6) is 0 Å². The van der Waals surface area contributed by atoms with Crippen LogP contribution in [0, 0.1) is 0 Å². The highest BCUT2D eigenvalue weighted by atomic mass is 79.9. The van der Waals surface area contributed by atoms with Crippen LogP contribution in [-0.4, -0.2) is 23.4 Å². The molecule has 0 aromatic heterocycles. The van der Waals surface area contributed by atoms with Crippen molar-refractivity contribution in [3.63, 3.8) is 0 Å². The number of aliphatic hydroxyl groups excluding tert-OH is 2. The molecular weight excluding hydrogens is 416 g/mol. The molecule has 112 valence electrons. The molecule has 0 fully saturated rings. The molecule has 0 aliphatic heterocycles. The van der Waals surface area contributed by atoms with Gasteiger partial charge in [0.05, 0.1) is 23.7 Å². The molecule has 21 heavy (non-hydrogen) atoms. The molecule has 0 radical (unpaired) electrons. The second-order valence-corrected chi connectivity index (χ2v) is 7.82. The normalized spacial score (nSPS) is 13.9. The van der Waals surface area contributed by atoms with Crippen LogP contribution in [0.25, 0.3) is 0 Å². The van der Waals surface area contributed by atoms with Crippen LogP contribution in [0.1, 0.15) is 21.6 Å². The van der Waals surface area contributed by atoms with Crippen molar-refractivity contribution in [2.24, 2.45) is 0 Å². The SMILES string of the molecule is OCC(SC(CO)c1ccc(Br)cc1)c1ccc(Br)cc1. The molecule has 2 unspecified atom stereocenters. The van der Waals surface area contributed by atoms with Crippen LogP contribution >= 0.6 is 43.6 Å². The minimum absolute atomic E-state index is 0.0410. The average molecular weight is 432 g/mol. The van der Waals surface area contributed by atoms with E-state index in [-0.39, 0.29) is 23.7 Å². The average Bonchev–Trinajstić information content (AvgIpc) is 2.51. The highest BCUT2D eigenvalue weighted by Crippen LogP contribution is 2.40. The molecule has 0 saturated heterocycles. The van der Waals surface area contributed by atoms with Gasteiger partial charge in [0.25, 0.3) is 0 Å². The molecule has 0 aliphatic carbocycles. The van der Waals surface area contributed by atoms with Gasteiger partial charge in [-0.1, -0.05) is 56.1 Å². The van der Waals surface area contributed by atoms with Gasteiger partial charge in [-0.3, -0.25) is 0 Å². The van der Waals surface area contributed by atoms with Crippen LogP contribution in [0.3, 0.4) is 0 Å². The van der Waals surface area contributed by atoms with Crippen LogP contribution in [0.15, 0.2) is 57.5 Å². The summed E-state index contributed by atoms with van der Waals surface area (Å²) in [6.07, 6.45) is 0. The summed E-state index contributed by atoms with van der Waals surface area (Å²) in [4.78, 5) is 0. The van der Waals surface area contributed by atoms with E-state index in [0.29, 0.717) is 0 Å². The van der Waals surface area contributed by atoms with Crippen molar-refractivity contribution in [1.82, 2.24) is 0 Å². The van der Waals surface area contributed by atoms with Crippen molar-refractivity contribution in [1.29, 1.82) is 0 Å². The van der Waals surface area contributed by atoms with Crippen LogP contribution in [0.2, 0.25) is 0 Å². The highest BCUT2D eigenvalue weighted by molar-refractivity contribution is 9.10. The van der Waals surface area contributed by atoms with Crippen LogP contribution in [-0.2, 0) is 0 Å². The van der Waals surface area contributed by atoms with E-state index in [9.17, 15) is 10.2 Å². The maximum Gasteiger partial charge on any atom is 0.0591 e. The van der Waals surface area contributed by atoms with Crippen molar-refractivity contribution in [2.45, 2.75) is 10.5 Å². The molecular formula is C16H16Br2O2S. The standard InChI is InChI=1S/C16H16Br2O2S/c17-13-5-1-11(2-6-13)15(9-19)21-16(10-20)12-3-7-14(18)8-4-12/h1-8,15-16,19-20H,9-10H2. The van der Waals surface area contributed by atoms with E-state index in [1.807, 2.05) is 48.5 Å². The fourth-order valence-electron chi connectivity index (χ4n) is 2.01. The zero-order chi connectivity index (χ0) is 15.2. The summed E-state index contributed by atoms with van der Waals surface area (Å²) in [5.74, 6) is 0. The molecule has 2 aromatic rings. The van der Waals surface area contributed by atoms with Crippen molar-refractivity contribution in [2.75, 3.05) is 13.2 Å². The number of hydrogen-bond donors (Lipinski definition) is 2. The maximum absolute atomic E-state index is 9.66. The molecule has 0 aliphatic rings. The maximum atomic E-state index is 9.66. The zero-order valence-electron chi connectivity index (χ0n) is 11.2. The molecule has 2 rings (SSSR count). The third-order valence-corrected chi connectivity index (χ3v) is 5.70. The number of aliphatic hydroxyl groups is 2. The first-order chi connectivity index (χ1) is 10.1. The van der Waals surface area contributed by atoms with Gasteiger partial charge in [-0.05, 0) is 35.4 Å². The number of halogens is 2. The van der Waals surface area contributed by atoms with Gasteiger partial charge < -0.3 is 10.2 Å². The van der Waals surface area contributed by atoms with E-state index in [2.05, 4.69) is 31.9 Å². The lowest BCUT2D eigenvalue weighted by atomic mass is 10.1. The van der Waals surface area contributed by atoms with Gasteiger partial charge in [-0.2, -0.15) is 0 Å². The van der Waals surface area contributed by atoms with Crippen LogP contribution in [0.4, 0.5) is 0 Å². The predicted octanol–water partition coefficient (Wildman–Crippen LogP) is 4.71. The van der Waals surface area contributed by atoms with E-state index in [4.69, 9.17) is 0 Å². The summed E-state index contributed by atoms with van der Waals surface area (Å²) < 4.78 is 2.03. The van der Waals surface area contributed by atoms with Crippen molar-refractivity contribution >= 4 is 43.6 Å². The zero-order valence-corrected chi connectivity index (χ0v) is 15.2. The van der Waals surface area contributed by atoms with E-state index in [1.54, 1.807) is 11.8 Å². The van der Waals surface area contributed by atoms with Crippen molar-refractivity contribution < 1.29 is 10.2 Å². The van der Waals surface area contributed by atoms with E-state index >= 15 is 0 Å². The highest BCUT2D eigenvalue weighted by Gasteiger charge is 2.19. The molecule has 0 saturated carbocycles. The van der Waals surface area contributed by atoms with Gasteiger partial charge in [0, 0.05) is 8.95 Å². The summed E-state index contributed by atoms with van der Waals surface area (Å²) in [7, 11) is 0. The first kappa shape index (κ1) is 17.0. The molecule has 2 N–H and O–H groups in total. The Kier molecular flexibility index (Phi) is 6.76. The van der Waals surface area contributed by atoms with E-state index < -0.39 is 0 Å². The minimum Gasteiger partial charge on any atom is -0.395 e. The molecule has 2 atom stereocenters. The monoisotopic (exact) mass is 430 g/mol. The number of benzene rings is 2. The lowest BCUT2D eigenvalue weighted by molar-refractivity contribution is 0.288. The van der Waals surface area contributed by atoms with Crippen molar-refractivity contribution in [3.05, 3.63) is 68.6 Å². The molecule has 2 nitrogen and oxygen atoms in total. The van der Waals surface area contributed by atoms with Gasteiger partial charge in [-0.25, -0.2) is 0 Å². The smallest absolute Gasteiger partial charge is 0.0591 e. The first-order valence-electron chi connectivity index (χ1n) is 6.52. The van der Waals surface area contributed by atoms with E-state index in [0.717, 1.165) is 20.1 Å². The number of rotatable bonds is 6. The molecule has 5 heteroatoms. The van der Waals surface area contributed by atoms with Gasteiger partial charge in [-0.15, -0.1) is 11.8 Å². The Balaban J connectivity index is 2.15. The van der Waals surface area contributed by atoms with Gasteiger partial charge in [0.15, 0.2) is 0 Å². The summed E-state index contributed by atoms with van der Waals surface area (Å²) in [6.45, 7) is 0.0820. The van der Waals surface area contributed by atoms with Gasteiger partial charge in [0.1, 0.15) is 0 Å². The second-order valence-electron chi connectivity index (χ2n) is 4.58. The Hall–Kier alpha value is -0.330. The predicted molar refractivity (Wildman–Crippen MR) is 95.5 cm³/mol. The molecule has 0 heterocycles. The summed E-state index contributed by atoms with van der Waals surface area (Å²) in [6, 6.07) is 15.8. The Morgan fingerprint density at radius 3 is 1.33 bits per heavy atom. The van der Waals surface area contributed by atoms with E-state index in [1.165, 1.54) is 0 Å². The van der Waals surface area contributed by atoms with Gasteiger partial charge in [0.2, 0.25) is 0 Å². The quantitative estimate of drug-likeness (QED) is 0.695. The number of thioether (sulfide) groups is 1. The Morgan fingerprint density at radius 2 is 1.05 bits per heavy atom. The fraction of sp³-hybridized carbons (Fsp3) is 0.250. The second kappa shape index (κ2) is 8.34. The Morgan fingerprint density at radius 1 is 0.714 bits per heavy atom. The first-order valence-corrected chi connectivity index (χ1v) is 9.05. The minimum atomic E-state index is -0.0566. The topological polar surface area (TPSA) is 40.5 Å². The molecule has 0 amide bonds. The fourth-order valence-corrected chi connectivity index (χ4v) is 3.73. The lowest BCUT2D eigenvalue weighted by Gasteiger charge is -2.21. The molecule has 0 spiro atoms. The molecule has 2 aromatic carbocycles. The van der Waals surface area contributed by atoms with Crippen molar-refractivity contribution in [3.8, 4) is 0 Å². The Labute approximate surface area is 145 Å². The number of hydrogen-bond acceptors (Lipinski definition) is 3.